The molecule has 0 aromatic heterocycles. The number of hydrogen-bond acceptors (Lipinski definition) is 3. The zero-order valence-electron chi connectivity index (χ0n) is 8.74. The molecule has 0 aromatic carbocycles. The molecule has 0 spiro atoms. The van der Waals surface area contributed by atoms with E-state index in [-0.39, 0.29) is 6.61 Å². The zero-order valence-corrected chi connectivity index (χ0v) is 8.74. The van der Waals surface area contributed by atoms with Crippen LogP contribution >= 0.6 is 0 Å². The van der Waals surface area contributed by atoms with Crippen molar-refractivity contribution in [2.75, 3.05) is 6.61 Å². The van der Waals surface area contributed by atoms with Crippen molar-refractivity contribution < 1.29 is 19.4 Å². The summed E-state index contributed by atoms with van der Waals surface area (Å²) in [6, 6.07) is 0. The lowest BCUT2D eigenvalue weighted by Gasteiger charge is -2.25. The predicted molar refractivity (Wildman–Crippen MR) is 51.7 cm³/mol. The fourth-order valence-electron chi connectivity index (χ4n) is 1.07. The first kappa shape index (κ1) is 12.7. The van der Waals surface area contributed by atoms with Crippen LogP contribution in [0, 0.1) is 11.3 Å². The highest BCUT2D eigenvalue weighted by atomic mass is 16.5. The van der Waals surface area contributed by atoms with Crippen molar-refractivity contribution in [1.29, 1.82) is 0 Å². The molecule has 0 rings (SSSR count). The van der Waals surface area contributed by atoms with Gasteiger partial charge in [0.05, 0.1) is 6.61 Å². The number of ether oxygens (including phenoxy) is 1. The van der Waals surface area contributed by atoms with Crippen molar-refractivity contribution in [3.63, 3.8) is 0 Å². The molecule has 0 amide bonds. The van der Waals surface area contributed by atoms with E-state index in [0.717, 1.165) is 0 Å². The smallest absolute Gasteiger partial charge is 0.321 e. The largest absolute Gasteiger partial charge is 0.481 e. The Kier molecular flexibility index (Phi) is 4.34. The van der Waals surface area contributed by atoms with Crippen LogP contribution < -0.4 is 0 Å². The van der Waals surface area contributed by atoms with Crippen molar-refractivity contribution in [2.45, 2.75) is 20.8 Å². The van der Waals surface area contributed by atoms with E-state index in [0.29, 0.717) is 0 Å². The number of carboxylic acid groups (broad SMARTS) is 1. The molecule has 80 valence electrons. The van der Waals surface area contributed by atoms with Crippen molar-refractivity contribution in [1.82, 2.24) is 0 Å². The molecule has 4 heteroatoms. The molecule has 1 unspecified atom stereocenters. The number of esters is 1. The second kappa shape index (κ2) is 4.79. The van der Waals surface area contributed by atoms with E-state index >= 15 is 0 Å². The quantitative estimate of drug-likeness (QED) is 0.414. The van der Waals surface area contributed by atoms with Gasteiger partial charge in [-0.05, 0) is 6.92 Å². The Morgan fingerprint density at radius 2 is 2.07 bits per heavy atom. The SMILES string of the molecule is C=CC(C)(C)C(C(=O)O)C(=O)OCC. The standard InChI is InChI=1S/C10H16O4/c1-5-10(3,4)7(8(11)12)9(13)14-6-2/h5,7H,1,6H2,2-4H3,(H,11,12). The van der Waals surface area contributed by atoms with Crippen molar-refractivity contribution in [2.24, 2.45) is 11.3 Å². The third kappa shape index (κ3) is 2.87. The van der Waals surface area contributed by atoms with Crippen LogP contribution in [0.1, 0.15) is 20.8 Å². The van der Waals surface area contributed by atoms with Gasteiger partial charge in [0.1, 0.15) is 0 Å². The minimum atomic E-state index is -1.19. The second-order valence-electron chi connectivity index (χ2n) is 3.55. The molecule has 0 radical (unpaired) electrons. The summed E-state index contributed by atoms with van der Waals surface area (Å²) < 4.78 is 4.69. The number of carboxylic acids is 1. The molecule has 4 nitrogen and oxygen atoms in total. The van der Waals surface area contributed by atoms with Gasteiger partial charge in [-0.15, -0.1) is 6.58 Å². The Bertz CT molecular complexity index is 243. The number of hydrogen-bond donors (Lipinski definition) is 1. The lowest BCUT2D eigenvalue weighted by molar-refractivity contribution is -0.162. The molecule has 0 fully saturated rings. The highest BCUT2D eigenvalue weighted by Crippen LogP contribution is 2.29. The van der Waals surface area contributed by atoms with E-state index in [4.69, 9.17) is 5.11 Å². The highest BCUT2D eigenvalue weighted by molar-refractivity contribution is 5.95. The van der Waals surface area contributed by atoms with Crippen LogP contribution in [-0.2, 0) is 14.3 Å². The van der Waals surface area contributed by atoms with Gasteiger partial charge in [0, 0.05) is 5.41 Å². The van der Waals surface area contributed by atoms with E-state index in [1.54, 1.807) is 20.8 Å². The summed E-state index contributed by atoms with van der Waals surface area (Å²) in [5, 5.41) is 8.89. The first-order valence-corrected chi connectivity index (χ1v) is 4.39. The van der Waals surface area contributed by atoms with Gasteiger partial charge in [-0.2, -0.15) is 0 Å². The molecule has 0 aromatic rings. The average Bonchev–Trinajstić information content (AvgIpc) is 2.03. The van der Waals surface area contributed by atoms with E-state index in [2.05, 4.69) is 11.3 Å². The van der Waals surface area contributed by atoms with Crippen LogP contribution in [-0.4, -0.2) is 23.7 Å². The summed E-state index contributed by atoms with van der Waals surface area (Å²) in [4.78, 5) is 22.2. The van der Waals surface area contributed by atoms with E-state index in [1.807, 2.05) is 0 Å². The Balaban J connectivity index is 4.86. The number of carbonyl (C=O) groups is 2. The number of aliphatic carboxylic acids is 1. The molecule has 0 saturated carbocycles. The molecule has 14 heavy (non-hydrogen) atoms. The normalized spacial score (nSPS) is 13.1. The van der Waals surface area contributed by atoms with Crippen LogP contribution in [0.3, 0.4) is 0 Å². The highest BCUT2D eigenvalue weighted by Gasteiger charge is 2.40. The van der Waals surface area contributed by atoms with Crippen molar-refractivity contribution in [3.8, 4) is 0 Å². The van der Waals surface area contributed by atoms with Crippen molar-refractivity contribution in [3.05, 3.63) is 12.7 Å². The first-order chi connectivity index (χ1) is 6.36. The fraction of sp³-hybridized carbons (Fsp3) is 0.600. The summed E-state index contributed by atoms with van der Waals surface area (Å²) in [6.45, 7) is 8.59. The van der Waals surface area contributed by atoms with Crippen LogP contribution in [0.2, 0.25) is 0 Å². The molecular formula is C10H16O4. The topological polar surface area (TPSA) is 63.6 Å². The summed E-state index contributed by atoms with van der Waals surface area (Å²) in [5.41, 5.74) is -0.807. The maximum Gasteiger partial charge on any atom is 0.321 e. The van der Waals surface area contributed by atoms with E-state index in [9.17, 15) is 9.59 Å². The van der Waals surface area contributed by atoms with Gasteiger partial charge in [-0.3, -0.25) is 9.59 Å². The number of carbonyl (C=O) groups excluding carboxylic acids is 1. The van der Waals surface area contributed by atoms with Crippen molar-refractivity contribution >= 4 is 11.9 Å². The molecule has 1 N–H and O–H groups in total. The van der Waals surface area contributed by atoms with Gasteiger partial charge in [0.2, 0.25) is 0 Å². The second-order valence-corrected chi connectivity index (χ2v) is 3.55. The lowest BCUT2D eigenvalue weighted by Crippen LogP contribution is -2.37. The van der Waals surface area contributed by atoms with Gasteiger partial charge in [0.25, 0.3) is 0 Å². The molecule has 0 aliphatic heterocycles. The summed E-state index contributed by atoms with van der Waals surface area (Å²) >= 11 is 0. The monoisotopic (exact) mass is 200 g/mol. The number of allylic oxidation sites excluding steroid dienone is 1. The summed E-state index contributed by atoms with van der Waals surface area (Å²) in [7, 11) is 0. The van der Waals surface area contributed by atoms with E-state index < -0.39 is 23.3 Å². The number of rotatable bonds is 5. The average molecular weight is 200 g/mol. The first-order valence-electron chi connectivity index (χ1n) is 4.39. The minimum absolute atomic E-state index is 0.176. The summed E-state index contributed by atoms with van der Waals surface area (Å²) in [6.07, 6.45) is 1.45. The molecule has 1 atom stereocenters. The molecule has 0 heterocycles. The van der Waals surface area contributed by atoms with Crippen LogP contribution in [0.4, 0.5) is 0 Å². The predicted octanol–water partition coefficient (Wildman–Crippen LogP) is 1.46. The molecule has 0 aliphatic carbocycles. The Morgan fingerprint density at radius 1 is 1.57 bits per heavy atom. The maximum atomic E-state index is 11.3. The Labute approximate surface area is 83.6 Å². The molecule has 0 saturated heterocycles. The molecule has 0 aliphatic rings. The Hall–Kier alpha value is -1.32. The van der Waals surface area contributed by atoms with Gasteiger partial charge in [-0.25, -0.2) is 0 Å². The van der Waals surface area contributed by atoms with Gasteiger partial charge in [-0.1, -0.05) is 19.9 Å². The van der Waals surface area contributed by atoms with Gasteiger partial charge < -0.3 is 9.84 Å². The minimum Gasteiger partial charge on any atom is -0.481 e. The maximum absolute atomic E-state index is 11.3. The Morgan fingerprint density at radius 3 is 2.36 bits per heavy atom. The summed E-state index contributed by atoms with van der Waals surface area (Å²) in [5.74, 6) is -3.10. The zero-order chi connectivity index (χ0) is 11.4. The van der Waals surface area contributed by atoms with Gasteiger partial charge >= 0.3 is 11.9 Å². The fourth-order valence-corrected chi connectivity index (χ4v) is 1.07. The molecular weight excluding hydrogens is 184 g/mol. The van der Waals surface area contributed by atoms with Crippen LogP contribution in [0.25, 0.3) is 0 Å². The van der Waals surface area contributed by atoms with Crippen LogP contribution in [0.15, 0.2) is 12.7 Å². The van der Waals surface area contributed by atoms with E-state index in [1.165, 1.54) is 6.08 Å². The third-order valence-corrected chi connectivity index (χ3v) is 2.04. The third-order valence-electron chi connectivity index (χ3n) is 2.04. The molecule has 0 bridgehead atoms. The lowest BCUT2D eigenvalue weighted by atomic mass is 9.79. The van der Waals surface area contributed by atoms with Crippen LogP contribution in [0.5, 0.6) is 0 Å². The van der Waals surface area contributed by atoms with Gasteiger partial charge in [0.15, 0.2) is 5.92 Å².